The number of rotatable bonds is 3. The van der Waals surface area contributed by atoms with E-state index in [4.69, 9.17) is 5.73 Å². The summed E-state index contributed by atoms with van der Waals surface area (Å²) >= 11 is 0. The van der Waals surface area contributed by atoms with Gasteiger partial charge in [0, 0.05) is 25.6 Å². The number of nitrogens with two attached hydrogens (primary N) is 1. The van der Waals surface area contributed by atoms with E-state index >= 15 is 0 Å². The van der Waals surface area contributed by atoms with Gasteiger partial charge in [0.2, 0.25) is 5.91 Å². The minimum absolute atomic E-state index is 0. The summed E-state index contributed by atoms with van der Waals surface area (Å²) in [6.07, 6.45) is 1.96. The standard InChI is InChI=1S/C15H22N2O2.ClH/c1-11(10-16)15(19)17-8-6-13(7-9-17)12-2-4-14(18)5-3-12;/h2-5,11,13,18H,6-10,16H2,1H3;1H. The number of phenols is 1. The summed E-state index contributed by atoms with van der Waals surface area (Å²) in [5, 5.41) is 9.29. The Balaban J connectivity index is 0.00000200. The van der Waals surface area contributed by atoms with E-state index in [-0.39, 0.29) is 24.2 Å². The Morgan fingerprint density at radius 2 is 1.90 bits per heavy atom. The van der Waals surface area contributed by atoms with Crippen LogP contribution in [0.25, 0.3) is 0 Å². The second kappa shape index (κ2) is 7.50. The second-order valence-electron chi connectivity index (χ2n) is 5.33. The lowest BCUT2D eigenvalue weighted by Crippen LogP contribution is -2.42. The fourth-order valence-electron chi connectivity index (χ4n) is 2.59. The number of likely N-dealkylation sites (tertiary alicyclic amines) is 1. The van der Waals surface area contributed by atoms with Gasteiger partial charge in [0.25, 0.3) is 0 Å². The van der Waals surface area contributed by atoms with Gasteiger partial charge >= 0.3 is 0 Å². The Kier molecular flexibility index (Phi) is 6.30. The van der Waals surface area contributed by atoms with E-state index in [0.29, 0.717) is 18.2 Å². The lowest BCUT2D eigenvalue weighted by atomic mass is 9.89. The van der Waals surface area contributed by atoms with Crippen molar-refractivity contribution in [3.63, 3.8) is 0 Å². The number of phenolic OH excluding ortho intramolecular Hbond substituents is 1. The molecule has 1 saturated heterocycles. The molecule has 0 aliphatic carbocycles. The number of carbonyl (C=O) groups is 1. The fraction of sp³-hybridized carbons (Fsp3) is 0.533. The van der Waals surface area contributed by atoms with Crippen molar-refractivity contribution >= 4 is 18.3 Å². The maximum Gasteiger partial charge on any atom is 0.226 e. The van der Waals surface area contributed by atoms with E-state index in [0.717, 1.165) is 25.9 Å². The highest BCUT2D eigenvalue weighted by molar-refractivity contribution is 5.85. The SMILES string of the molecule is CC(CN)C(=O)N1CCC(c2ccc(O)cc2)CC1.Cl. The van der Waals surface area contributed by atoms with E-state index in [9.17, 15) is 9.90 Å². The van der Waals surface area contributed by atoms with E-state index in [2.05, 4.69) is 0 Å². The van der Waals surface area contributed by atoms with Crippen molar-refractivity contribution in [2.45, 2.75) is 25.7 Å². The van der Waals surface area contributed by atoms with Crippen LogP contribution in [0.15, 0.2) is 24.3 Å². The van der Waals surface area contributed by atoms with E-state index in [1.54, 1.807) is 12.1 Å². The van der Waals surface area contributed by atoms with Gasteiger partial charge in [-0.2, -0.15) is 0 Å². The van der Waals surface area contributed by atoms with Crippen LogP contribution >= 0.6 is 12.4 Å². The number of nitrogens with zero attached hydrogens (tertiary/aromatic N) is 1. The summed E-state index contributed by atoms with van der Waals surface area (Å²) in [6, 6.07) is 7.40. The molecule has 0 radical (unpaired) electrons. The first-order valence-electron chi connectivity index (χ1n) is 6.89. The first kappa shape index (κ1) is 16.8. The molecule has 20 heavy (non-hydrogen) atoms. The number of hydrogen-bond acceptors (Lipinski definition) is 3. The van der Waals surface area contributed by atoms with Crippen LogP contribution in [0.4, 0.5) is 0 Å². The molecule has 0 spiro atoms. The molecule has 1 aliphatic rings. The molecule has 1 aromatic rings. The molecule has 4 nitrogen and oxygen atoms in total. The van der Waals surface area contributed by atoms with Gasteiger partial charge in [-0.3, -0.25) is 4.79 Å². The third kappa shape index (κ3) is 3.87. The molecule has 1 atom stereocenters. The third-order valence-electron chi connectivity index (χ3n) is 3.95. The number of benzene rings is 1. The van der Waals surface area contributed by atoms with Crippen molar-refractivity contribution in [1.82, 2.24) is 4.90 Å². The number of aromatic hydroxyl groups is 1. The van der Waals surface area contributed by atoms with Crippen molar-refractivity contribution in [1.29, 1.82) is 0 Å². The number of piperidine rings is 1. The van der Waals surface area contributed by atoms with Gasteiger partial charge in [-0.1, -0.05) is 19.1 Å². The predicted molar refractivity (Wildman–Crippen MR) is 82.1 cm³/mol. The van der Waals surface area contributed by atoms with Crippen LogP contribution in [-0.4, -0.2) is 35.5 Å². The molecule has 0 bridgehead atoms. The lowest BCUT2D eigenvalue weighted by Gasteiger charge is -2.33. The Hall–Kier alpha value is -1.26. The van der Waals surface area contributed by atoms with Gasteiger partial charge in [-0.25, -0.2) is 0 Å². The summed E-state index contributed by atoms with van der Waals surface area (Å²) in [4.78, 5) is 14.0. The zero-order chi connectivity index (χ0) is 13.8. The molecular formula is C15H23ClN2O2. The molecule has 1 aliphatic heterocycles. The molecular weight excluding hydrogens is 276 g/mol. The van der Waals surface area contributed by atoms with Crippen molar-refractivity contribution in [3.05, 3.63) is 29.8 Å². The largest absolute Gasteiger partial charge is 0.508 e. The van der Waals surface area contributed by atoms with Crippen molar-refractivity contribution in [3.8, 4) is 5.75 Å². The molecule has 1 aromatic carbocycles. The number of carbonyl (C=O) groups excluding carboxylic acids is 1. The van der Waals surface area contributed by atoms with Crippen LogP contribution in [0.3, 0.4) is 0 Å². The Morgan fingerprint density at radius 1 is 1.35 bits per heavy atom. The summed E-state index contributed by atoms with van der Waals surface area (Å²) < 4.78 is 0. The van der Waals surface area contributed by atoms with Crippen LogP contribution in [0.5, 0.6) is 5.75 Å². The third-order valence-corrected chi connectivity index (χ3v) is 3.95. The van der Waals surface area contributed by atoms with Crippen molar-refractivity contribution < 1.29 is 9.90 Å². The fourth-order valence-corrected chi connectivity index (χ4v) is 2.59. The van der Waals surface area contributed by atoms with Gasteiger partial charge in [-0.05, 0) is 36.5 Å². The van der Waals surface area contributed by atoms with E-state index in [1.807, 2.05) is 24.0 Å². The Bertz CT molecular complexity index is 428. The first-order valence-corrected chi connectivity index (χ1v) is 6.89. The summed E-state index contributed by atoms with van der Waals surface area (Å²) in [6.45, 7) is 3.90. The maximum absolute atomic E-state index is 12.0. The number of amides is 1. The zero-order valence-corrected chi connectivity index (χ0v) is 12.6. The normalized spacial score (nSPS) is 17.4. The highest BCUT2D eigenvalue weighted by atomic mass is 35.5. The van der Waals surface area contributed by atoms with Crippen molar-refractivity contribution in [2.75, 3.05) is 19.6 Å². The van der Waals surface area contributed by atoms with Gasteiger partial charge in [0.15, 0.2) is 0 Å². The van der Waals surface area contributed by atoms with Crippen LogP contribution in [0.2, 0.25) is 0 Å². The Morgan fingerprint density at radius 3 is 2.40 bits per heavy atom. The minimum atomic E-state index is -0.0785. The molecule has 1 heterocycles. The van der Waals surface area contributed by atoms with Crippen LogP contribution in [0.1, 0.15) is 31.2 Å². The number of hydrogen-bond donors (Lipinski definition) is 2. The van der Waals surface area contributed by atoms with E-state index in [1.165, 1.54) is 5.56 Å². The molecule has 112 valence electrons. The van der Waals surface area contributed by atoms with Crippen LogP contribution in [0, 0.1) is 5.92 Å². The highest BCUT2D eigenvalue weighted by Crippen LogP contribution is 2.29. The summed E-state index contributed by atoms with van der Waals surface area (Å²) in [5.74, 6) is 0.878. The average molecular weight is 299 g/mol. The Labute approximate surface area is 126 Å². The smallest absolute Gasteiger partial charge is 0.226 e. The zero-order valence-electron chi connectivity index (χ0n) is 11.8. The molecule has 5 heteroatoms. The molecule has 0 aromatic heterocycles. The summed E-state index contributed by atoms with van der Waals surface area (Å²) in [7, 11) is 0. The molecule has 3 N–H and O–H groups in total. The highest BCUT2D eigenvalue weighted by Gasteiger charge is 2.25. The molecule has 0 saturated carbocycles. The second-order valence-corrected chi connectivity index (χ2v) is 5.33. The van der Waals surface area contributed by atoms with Gasteiger partial charge < -0.3 is 15.7 Å². The molecule has 1 fully saturated rings. The number of halogens is 1. The summed E-state index contributed by atoms with van der Waals surface area (Å²) in [5.41, 5.74) is 6.79. The monoisotopic (exact) mass is 298 g/mol. The topological polar surface area (TPSA) is 66.6 Å². The average Bonchev–Trinajstić information content (AvgIpc) is 2.46. The van der Waals surface area contributed by atoms with Gasteiger partial charge in [-0.15, -0.1) is 12.4 Å². The van der Waals surface area contributed by atoms with Gasteiger partial charge in [0.1, 0.15) is 5.75 Å². The predicted octanol–water partition coefficient (Wildman–Crippen LogP) is 2.11. The molecule has 1 unspecified atom stereocenters. The van der Waals surface area contributed by atoms with E-state index < -0.39 is 0 Å². The minimum Gasteiger partial charge on any atom is -0.508 e. The molecule has 1 amide bonds. The molecule has 2 rings (SSSR count). The quantitative estimate of drug-likeness (QED) is 0.898. The maximum atomic E-state index is 12.0. The van der Waals surface area contributed by atoms with Crippen molar-refractivity contribution in [2.24, 2.45) is 11.7 Å². The van der Waals surface area contributed by atoms with Crippen LogP contribution in [-0.2, 0) is 4.79 Å². The first-order chi connectivity index (χ1) is 9.11. The van der Waals surface area contributed by atoms with Crippen LogP contribution < -0.4 is 5.73 Å². The van der Waals surface area contributed by atoms with Gasteiger partial charge in [0.05, 0.1) is 0 Å². The lowest BCUT2D eigenvalue weighted by molar-refractivity contribution is -0.135.